The van der Waals surface area contributed by atoms with Gasteiger partial charge in [0.25, 0.3) is 0 Å². The van der Waals surface area contributed by atoms with Gasteiger partial charge in [0.15, 0.2) is 0 Å². The Morgan fingerprint density at radius 2 is 1.62 bits per heavy atom. The molecule has 0 bridgehead atoms. The van der Waals surface area contributed by atoms with Crippen LogP contribution in [0.2, 0.25) is 0 Å². The van der Waals surface area contributed by atoms with E-state index in [0.717, 1.165) is 25.4 Å². The Kier molecular flexibility index (Phi) is 4.94. The Labute approximate surface area is 130 Å². The lowest BCUT2D eigenvalue weighted by atomic mass is 9.91. The second-order valence-electron chi connectivity index (χ2n) is 5.61. The molecule has 1 saturated heterocycles. The highest BCUT2D eigenvalue weighted by molar-refractivity contribution is 7.97. The molecule has 2 aromatic carbocycles. The second kappa shape index (κ2) is 7.10. The molecule has 0 aliphatic carbocycles. The molecule has 1 nitrogen and oxygen atoms in total. The van der Waals surface area contributed by atoms with Crippen molar-refractivity contribution in [2.24, 2.45) is 5.92 Å². The molecule has 3 heteroatoms. The number of hydrogen-bond acceptors (Lipinski definition) is 2. The largest absolute Gasteiger partial charge is 0.246 e. The Balaban J connectivity index is 1.47. The van der Waals surface area contributed by atoms with Crippen molar-refractivity contribution in [1.29, 1.82) is 0 Å². The minimum Gasteiger partial charge on any atom is -0.246 e. The van der Waals surface area contributed by atoms with E-state index < -0.39 is 0 Å². The van der Waals surface area contributed by atoms with Gasteiger partial charge in [-0.3, -0.25) is 0 Å². The quantitative estimate of drug-likeness (QED) is 0.747. The minimum atomic E-state index is -0.146. The van der Waals surface area contributed by atoms with Gasteiger partial charge in [0, 0.05) is 18.0 Å². The molecule has 0 aromatic heterocycles. The smallest absolute Gasteiger partial charge is 0.123 e. The SMILES string of the molecule is Fc1ccc(CC2CCN(Sc3ccccc3)CC2)cc1. The van der Waals surface area contributed by atoms with Gasteiger partial charge in [-0.25, -0.2) is 8.70 Å². The van der Waals surface area contributed by atoms with Gasteiger partial charge in [-0.15, -0.1) is 0 Å². The number of piperidine rings is 1. The lowest BCUT2D eigenvalue weighted by Crippen LogP contribution is -2.29. The fourth-order valence-corrected chi connectivity index (χ4v) is 3.76. The van der Waals surface area contributed by atoms with Crippen LogP contribution in [0.3, 0.4) is 0 Å². The third kappa shape index (κ3) is 4.32. The molecule has 0 spiro atoms. The van der Waals surface area contributed by atoms with Crippen LogP contribution in [0.5, 0.6) is 0 Å². The standard InChI is InChI=1S/C18H20FNS/c19-17-8-6-15(7-9-17)14-16-10-12-20(13-11-16)21-18-4-2-1-3-5-18/h1-9,16H,10-14H2. The number of nitrogens with zero attached hydrogens (tertiary/aromatic N) is 1. The highest BCUT2D eigenvalue weighted by atomic mass is 32.2. The zero-order valence-corrected chi connectivity index (χ0v) is 12.9. The molecule has 0 saturated carbocycles. The Hall–Kier alpha value is -1.32. The number of hydrogen-bond donors (Lipinski definition) is 0. The summed E-state index contributed by atoms with van der Waals surface area (Å²) in [6.07, 6.45) is 3.51. The van der Waals surface area contributed by atoms with Crippen LogP contribution >= 0.6 is 11.9 Å². The summed E-state index contributed by atoms with van der Waals surface area (Å²) >= 11 is 1.86. The average molecular weight is 301 g/mol. The molecular weight excluding hydrogens is 281 g/mol. The first-order chi connectivity index (χ1) is 10.3. The highest BCUT2D eigenvalue weighted by Gasteiger charge is 2.20. The molecule has 2 aromatic rings. The van der Waals surface area contributed by atoms with Crippen molar-refractivity contribution in [3.63, 3.8) is 0 Å². The van der Waals surface area contributed by atoms with Crippen molar-refractivity contribution in [3.05, 3.63) is 66.0 Å². The van der Waals surface area contributed by atoms with Crippen LogP contribution in [0.25, 0.3) is 0 Å². The highest BCUT2D eigenvalue weighted by Crippen LogP contribution is 2.29. The van der Waals surface area contributed by atoms with Crippen molar-refractivity contribution in [1.82, 2.24) is 4.31 Å². The topological polar surface area (TPSA) is 3.24 Å². The monoisotopic (exact) mass is 301 g/mol. The van der Waals surface area contributed by atoms with Crippen molar-refractivity contribution < 1.29 is 4.39 Å². The molecule has 0 amide bonds. The van der Waals surface area contributed by atoms with Gasteiger partial charge in [0.2, 0.25) is 0 Å². The zero-order valence-electron chi connectivity index (χ0n) is 12.0. The summed E-state index contributed by atoms with van der Waals surface area (Å²) in [6.45, 7) is 2.26. The molecule has 3 rings (SSSR count). The molecule has 0 unspecified atom stereocenters. The van der Waals surface area contributed by atoms with Gasteiger partial charge < -0.3 is 0 Å². The first-order valence-electron chi connectivity index (χ1n) is 7.52. The number of rotatable bonds is 4. The molecule has 1 heterocycles. The first kappa shape index (κ1) is 14.6. The summed E-state index contributed by atoms with van der Waals surface area (Å²) in [5, 5.41) is 0. The second-order valence-corrected chi connectivity index (χ2v) is 6.78. The fraction of sp³-hybridized carbons (Fsp3) is 0.333. The van der Waals surface area contributed by atoms with Gasteiger partial charge >= 0.3 is 0 Å². The summed E-state index contributed by atoms with van der Waals surface area (Å²) in [6, 6.07) is 17.5. The number of benzene rings is 2. The average Bonchev–Trinajstić information content (AvgIpc) is 2.53. The molecule has 1 aliphatic rings. The molecule has 0 radical (unpaired) electrons. The van der Waals surface area contributed by atoms with Crippen molar-refractivity contribution in [3.8, 4) is 0 Å². The van der Waals surface area contributed by atoms with E-state index in [0.29, 0.717) is 0 Å². The molecule has 1 aliphatic heterocycles. The Bertz CT molecular complexity index is 547. The molecule has 1 fully saturated rings. The molecule has 0 atom stereocenters. The van der Waals surface area contributed by atoms with E-state index in [-0.39, 0.29) is 5.82 Å². The maximum atomic E-state index is 12.9. The summed E-state index contributed by atoms with van der Waals surface area (Å²) in [7, 11) is 0. The van der Waals surface area contributed by atoms with Crippen molar-refractivity contribution >= 4 is 11.9 Å². The molecule has 0 N–H and O–H groups in total. The maximum absolute atomic E-state index is 12.9. The van der Waals surface area contributed by atoms with E-state index in [1.54, 1.807) is 12.1 Å². The predicted molar refractivity (Wildman–Crippen MR) is 86.7 cm³/mol. The van der Waals surface area contributed by atoms with E-state index in [1.165, 1.54) is 23.3 Å². The van der Waals surface area contributed by atoms with E-state index in [1.807, 2.05) is 24.1 Å². The summed E-state index contributed by atoms with van der Waals surface area (Å²) < 4.78 is 15.4. The van der Waals surface area contributed by atoms with Gasteiger partial charge in [0.1, 0.15) is 5.82 Å². The molecular formula is C18H20FNS. The van der Waals surface area contributed by atoms with Crippen LogP contribution in [0.15, 0.2) is 59.5 Å². The van der Waals surface area contributed by atoms with Crippen molar-refractivity contribution in [2.45, 2.75) is 24.2 Å². The third-order valence-corrected chi connectivity index (χ3v) is 5.10. The summed E-state index contributed by atoms with van der Waals surface area (Å²) in [5.41, 5.74) is 1.26. The normalized spacial score (nSPS) is 17.0. The van der Waals surface area contributed by atoms with Gasteiger partial charge in [0.05, 0.1) is 0 Å². The van der Waals surface area contributed by atoms with E-state index in [4.69, 9.17) is 0 Å². The first-order valence-corrected chi connectivity index (χ1v) is 8.29. The summed E-state index contributed by atoms with van der Waals surface area (Å²) in [5.74, 6) is 0.580. The molecule has 110 valence electrons. The molecule has 21 heavy (non-hydrogen) atoms. The summed E-state index contributed by atoms with van der Waals surface area (Å²) in [4.78, 5) is 1.31. The lowest BCUT2D eigenvalue weighted by Gasteiger charge is -2.31. The van der Waals surface area contributed by atoms with Crippen LogP contribution in [0.1, 0.15) is 18.4 Å². The Morgan fingerprint density at radius 3 is 2.29 bits per heavy atom. The van der Waals surface area contributed by atoms with E-state index in [9.17, 15) is 4.39 Å². The van der Waals surface area contributed by atoms with Crippen LogP contribution in [-0.2, 0) is 6.42 Å². The van der Waals surface area contributed by atoms with E-state index >= 15 is 0 Å². The van der Waals surface area contributed by atoms with Crippen LogP contribution in [0, 0.1) is 11.7 Å². The van der Waals surface area contributed by atoms with E-state index in [2.05, 4.69) is 34.6 Å². The predicted octanol–water partition coefficient (Wildman–Crippen LogP) is 4.79. The van der Waals surface area contributed by atoms with Crippen LogP contribution < -0.4 is 0 Å². The van der Waals surface area contributed by atoms with Gasteiger partial charge in [-0.05, 0) is 67.0 Å². The van der Waals surface area contributed by atoms with Gasteiger partial charge in [-0.2, -0.15) is 0 Å². The number of halogens is 1. The van der Waals surface area contributed by atoms with Crippen LogP contribution in [-0.4, -0.2) is 17.4 Å². The lowest BCUT2D eigenvalue weighted by molar-refractivity contribution is 0.290. The van der Waals surface area contributed by atoms with Crippen LogP contribution in [0.4, 0.5) is 4.39 Å². The minimum absolute atomic E-state index is 0.146. The fourth-order valence-electron chi connectivity index (χ4n) is 2.79. The third-order valence-electron chi connectivity index (χ3n) is 3.99. The maximum Gasteiger partial charge on any atom is 0.123 e. The van der Waals surface area contributed by atoms with Crippen molar-refractivity contribution in [2.75, 3.05) is 13.1 Å². The zero-order chi connectivity index (χ0) is 14.5. The van der Waals surface area contributed by atoms with Gasteiger partial charge in [-0.1, -0.05) is 30.3 Å². The Morgan fingerprint density at radius 1 is 0.952 bits per heavy atom.